The third-order valence-electron chi connectivity index (χ3n) is 3.88. The van der Waals surface area contributed by atoms with E-state index in [9.17, 15) is 0 Å². The predicted octanol–water partition coefficient (Wildman–Crippen LogP) is 4.34. The van der Waals surface area contributed by atoms with Crippen LogP contribution in [0.1, 0.15) is 5.56 Å². The zero-order valence-corrected chi connectivity index (χ0v) is 14.1. The first kappa shape index (κ1) is 15.9. The quantitative estimate of drug-likeness (QED) is 0.698. The fourth-order valence-corrected chi connectivity index (χ4v) is 2.58. The Hall–Kier alpha value is -2.95. The van der Waals surface area contributed by atoms with Crippen LogP contribution >= 0.6 is 0 Å². The van der Waals surface area contributed by atoms with Gasteiger partial charge in [0.15, 0.2) is 17.3 Å². The van der Waals surface area contributed by atoms with Gasteiger partial charge in [0.2, 0.25) is 0 Å². The van der Waals surface area contributed by atoms with E-state index in [1.165, 1.54) is 5.56 Å². The molecule has 2 aromatic carbocycles. The Labute approximate surface area is 140 Å². The molecule has 5 nitrogen and oxygen atoms in total. The molecule has 0 saturated heterocycles. The van der Waals surface area contributed by atoms with Crippen molar-refractivity contribution in [1.29, 1.82) is 0 Å². The molecule has 0 aliphatic heterocycles. The molecule has 0 spiro atoms. The second-order valence-electron chi connectivity index (χ2n) is 5.34. The number of nitrogens with zero attached hydrogens (tertiary/aromatic N) is 1. The number of rotatable bonds is 5. The SMILES string of the molecule is COc1cc(OC)c(-c2oncc2-c2ccc(C)cc2)cc1OC. The molecular weight excluding hydrogens is 306 g/mol. The van der Waals surface area contributed by atoms with Crippen LogP contribution < -0.4 is 14.2 Å². The number of hydrogen-bond donors (Lipinski definition) is 0. The summed E-state index contributed by atoms with van der Waals surface area (Å²) in [6, 6.07) is 11.8. The van der Waals surface area contributed by atoms with Crippen LogP contribution in [0.25, 0.3) is 22.5 Å². The molecule has 0 unspecified atom stereocenters. The van der Waals surface area contributed by atoms with Crippen LogP contribution in [-0.2, 0) is 0 Å². The van der Waals surface area contributed by atoms with Crippen molar-refractivity contribution in [2.75, 3.05) is 21.3 Å². The third-order valence-corrected chi connectivity index (χ3v) is 3.88. The summed E-state index contributed by atoms with van der Waals surface area (Å²) in [6.07, 6.45) is 1.70. The van der Waals surface area contributed by atoms with E-state index < -0.39 is 0 Å². The Kier molecular flexibility index (Phi) is 4.42. The maximum absolute atomic E-state index is 5.52. The molecule has 0 aliphatic rings. The van der Waals surface area contributed by atoms with Crippen molar-refractivity contribution in [3.05, 3.63) is 48.2 Å². The number of hydrogen-bond acceptors (Lipinski definition) is 5. The van der Waals surface area contributed by atoms with E-state index in [4.69, 9.17) is 18.7 Å². The van der Waals surface area contributed by atoms with E-state index in [1.54, 1.807) is 33.6 Å². The highest BCUT2D eigenvalue weighted by molar-refractivity contribution is 5.83. The summed E-state index contributed by atoms with van der Waals surface area (Å²) in [6.45, 7) is 2.05. The van der Waals surface area contributed by atoms with Crippen molar-refractivity contribution in [1.82, 2.24) is 5.16 Å². The van der Waals surface area contributed by atoms with Gasteiger partial charge in [-0.2, -0.15) is 0 Å². The highest BCUT2D eigenvalue weighted by atomic mass is 16.5. The summed E-state index contributed by atoms with van der Waals surface area (Å²) in [4.78, 5) is 0. The van der Waals surface area contributed by atoms with Crippen molar-refractivity contribution < 1.29 is 18.7 Å². The van der Waals surface area contributed by atoms with Gasteiger partial charge in [0, 0.05) is 11.6 Å². The molecule has 1 aromatic heterocycles. The van der Waals surface area contributed by atoms with Crippen LogP contribution in [0, 0.1) is 6.92 Å². The number of ether oxygens (including phenoxy) is 3. The van der Waals surface area contributed by atoms with Gasteiger partial charge in [-0.15, -0.1) is 0 Å². The van der Waals surface area contributed by atoms with Crippen LogP contribution in [0.5, 0.6) is 17.2 Å². The zero-order valence-electron chi connectivity index (χ0n) is 14.1. The van der Waals surface area contributed by atoms with Crippen molar-refractivity contribution in [3.8, 4) is 39.7 Å². The van der Waals surface area contributed by atoms with E-state index in [-0.39, 0.29) is 0 Å². The van der Waals surface area contributed by atoms with Gasteiger partial charge < -0.3 is 18.7 Å². The molecule has 0 bridgehead atoms. The zero-order chi connectivity index (χ0) is 17.1. The molecule has 0 radical (unpaired) electrons. The summed E-state index contributed by atoms with van der Waals surface area (Å²) >= 11 is 0. The first-order chi connectivity index (χ1) is 11.7. The van der Waals surface area contributed by atoms with Crippen LogP contribution in [0.4, 0.5) is 0 Å². The molecule has 0 aliphatic carbocycles. The average Bonchev–Trinajstić information content (AvgIpc) is 3.10. The number of aromatic nitrogens is 1. The first-order valence-electron chi connectivity index (χ1n) is 7.50. The molecule has 1 heterocycles. The second-order valence-corrected chi connectivity index (χ2v) is 5.34. The Balaban J connectivity index is 2.16. The van der Waals surface area contributed by atoms with E-state index >= 15 is 0 Å². The molecule has 3 aromatic rings. The van der Waals surface area contributed by atoms with Gasteiger partial charge in [0.25, 0.3) is 0 Å². The van der Waals surface area contributed by atoms with E-state index in [1.807, 2.05) is 18.2 Å². The topological polar surface area (TPSA) is 53.7 Å². The summed E-state index contributed by atoms with van der Waals surface area (Å²) in [5.41, 5.74) is 3.86. The maximum Gasteiger partial charge on any atom is 0.178 e. The predicted molar refractivity (Wildman–Crippen MR) is 91.8 cm³/mol. The van der Waals surface area contributed by atoms with Gasteiger partial charge in [-0.3, -0.25) is 0 Å². The van der Waals surface area contributed by atoms with Gasteiger partial charge in [-0.25, -0.2) is 0 Å². The highest BCUT2D eigenvalue weighted by Gasteiger charge is 2.20. The lowest BCUT2D eigenvalue weighted by Crippen LogP contribution is -1.95. The molecule has 24 heavy (non-hydrogen) atoms. The van der Waals surface area contributed by atoms with Crippen LogP contribution in [0.2, 0.25) is 0 Å². The normalized spacial score (nSPS) is 10.5. The van der Waals surface area contributed by atoms with Crippen LogP contribution in [-0.4, -0.2) is 26.5 Å². The maximum atomic E-state index is 5.52. The van der Waals surface area contributed by atoms with Gasteiger partial charge >= 0.3 is 0 Å². The largest absolute Gasteiger partial charge is 0.496 e. The lowest BCUT2D eigenvalue weighted by atomic mass is 10.0. The Morgan fingerprint density at radius 2 is 1.42 bits per heavy atom. The van der Waals surface area contributed by atoms with Crippen molar-refractivity contribution in [2.45, 2.75) is 6.92 Å². The van der Waals surface area contributed by atoms with Crippen LogP contribution in [0.15, 0.2) is 47.1 Å². The minimum Gasteiger partial charge on any atom is -0.496 e. The van der Waals surface area contributed by atoms with Gasteiger partial charge in [-0.05, 0) is 18.6 Å². The minimum absolute atomic E-state index is 0.592. The summed E-state index contributed by atoms with van der Waals surface area (Å²) in [7, 11) is 4.78. The van der Waals surface area contributed by atoms with E-state index in [2.05, 4.69) is 24.2 Å². The molecule has 0 fully saturated rings. The number of aryl methyl sites for hydroxylation is 1. The standard InChI is InChI=1S/C19H19NO4/c1-12-5-7-13(8-6-12)15-11-20-24-19(15)14-9-17(22-3)18(23-4)10-16(14)21-2/h5-11H,1-4H3. The first-order valence-corrected chi connectivity index (χ1v) is 7.50. The lowest BCUT2D eigenvalue weighted by molar-refractivity contribution is 0.348. The minimum atomic E-state index is 0.592. The fraction of sp³-hybridized carbons (Fsp3) is 0.211. The van der Waals surface area contributed by atoms with Crippen molar-refractivity contribution in [3.63, 3.8) is 0 Å². The van der Waals surface area contributed by atoms with E-state index in [0.29, 0.717) is 23.0 Å². The van der Waals surface area contributed by atoms with Crippen molar-refractivity contribution >= 4 is 0 Å². The summed E-state index contributed by atoms with van der Waals surface area (Å²) in [5.74, 6) is 2.43. The summed E-state index contributed by atoms with van der Waals surface area (Å²) in [5, 5.41) is 3.97. The lowest BCUT2D eigenvalue weighted by Gasteiger charge is -2.13. The molecule has 0 N–H and O–H groups in total. The Bertz CT molecular complexity index is 837. The third kappa shape index (κ3) is 2.80. The molecule has 3 rings (SSSR count). The Morgan fingerprint density at radius 1 is 0.792 bits per heavy atom. The smallest absolute Gasteiger partial charge is 0.178 e. The van der Waals surface area contributed by atoms with E-state index in [0.717, 1.165) is 16.7 Å². The molecule has 124 valence electrons. The number of benzene rings is 2. The van der Waals surface area contributed by atoms with Crippen molar-refractivity contribution in [2.24, 2.45) is 0 Å². The fourth-order valence-electron chi connectivity index (χ4n) is 2.58. The molecule has 0 amide bonds. The summed E-state index contributed by atoms with van der Waals surface area (Å²) < 4.78 is 21.7. The molecule has 0 atom stereocenters. The molecular formula is C19H19NO4. The molecule has 0 saturated carbocycles. The van der Waals surface area contributed by atoms with Gasteiger partial charge in [0.1, 0.15) is 5.75 Å². The number of methoxy groups -OCH3 is 3. The van der Waals surface area contributed by atoms with Crippen LogP contribution in [0.3, 0.4) is 0 Å². The second kappa shape index (κ2) is 6.66. The Morgan fingerprint density at radius 3 is 2.04 bits per heavy atom. The van der Waals surface area contributed by atoms with Gasteiger partial charge in [0.05, 0.1) is 33.1 Å². The molecule has 5 heteroatoms. The average molecular weight is 325 g/mol. The highest BCUT2D eigenvalue weighted by Crippen LogP contribution is 2.43. The van der Waals surface area contributed by atoms with Gasteiger partial charge in [-0.1, -0.05) is 35.0 Å². The monoisotopic (exact) mass is 325 g/mol.